The fourth-order valence-corrected chi connectivity index (χ4v) is 4.25. The fourth-order valence-electron chi connectivity index (χ4n) is 3.98. The molecule has 0 spiro atoms. The van der Waals surface area contributed by atoms with Gasteiger partial charge in [-0.2, -0.15) is 0 Å². The number of fused-ring (bicyclic) bond motifs is 1. The number of benzene rings is 2. The van der Waals surface area contributed by atoms with Gasteiger partial charge in [-0.1, -0.05) is 48.8 Å². The second kappa shape index (κ2) is 11.1. The second-order valence-corrected chi connectivity index (χ2v) is 9.93. The Hall–Kier alpha value is -2.51. The van der Waals surface area contributed by atoms with Crippen molar-refractivity contribution in [1.82, 2.24) is 19.4 Å². The van der Waals surface area contributed by atoms with Crippen LogP contribution < -0.4 is 5.56 Å². The third kappa shape index (κ3) is 5.89. The highest BCUT2D eigenvalue weighted by Gasteiger charge is 2.29. The number of carbonyl (C=O) groups excluding carboxylic acids is 1. The molecule has 176 valence electrons. The van der Waals surface area contributed by atoms with Gasteiger partial charge in [-0.25, -0.2) is 4.98 Å². The molecule has 0 saturated heterocycles. The summed E-state index contributed by atoms with van der Waals surface area (Å²) >= 11 is 3.48. The van der Waals surface area contributed by atoms with Gasteiger partial charge in [-0.05, 0) is 62.8 Å². The van der Waals surface area contributed by atoms with Gasteiger partial charge in [0.2, 0.25) is 5.91 Å². The van der Waals surface area contributed by atoms with E-state index in [0.29, 0.717) is 36.1 Å². The van der Waals surface area contributed by atoms with Gasteiger partial charge in [0.15, 0.2) is 0 Å². The molecule has 1 aromatic heterocycles. The number of carbonyl (C=O) groups is 1. The van der Waals surface area contributed by atoms with Crippen LogP contribution in [0.5, 0.6) is 0 Å². The lowest BCUT2D eigenvalue weighted by Gasteiger charge is -2.33. The maximum absolute atomic E-state index is 13.7. The quantitative estimate of drug-likeness (QED) is 0.403. The Kier molecular flexibility index (Phi) is 8.43. The molecule has 1 amide bonds. The van der Waals surface area contributed by atoms with E-state index < -0.39 is 0 Å². The summed E-state index contributed by atoms with van der Waals surface area (Å²) in [6, 6.07) is 14.7. The molecule has 33 heavy (non-hydrogen) atoms. The summed E-state index contributed by atoms with van der Waals surface area (Å²) in [5.41, 5.74) is 1.26. The van der Waals surface area contributed by atoms with Crippen LogP contribution in [0.1, 0.15) is 45.5 Å². The zero-order valence-corrected chi connectivity index (χ0v) is 21.7. The van der Waals surface area contributed by atoms with E-state index in [2.05, 4.69) is 34.7 Å². The zero-order chi connectivity index (χ0) is 24.1. The maximum Gasteiger partial charge on any atom is 0.266 e. The van der Waals surface area contributed by atoms with E-state index in [1.807, 2.05) is 68.4 Å². The van der Waals surface area contributed by atoms with Crippen molar-refractivity contribution in [1.29, 1.82) is 0 Å². The van der Waals surface area contributed by atoms with Gasteiger partial charge in [0, 0.05) is 24.0 Å². The van der Waals surface area contributed by atoms with E-state index in [0.717, 1.165) is 16.7 Å². The van der Waals surface area contributed by atoms with Crippen molar-refractivity contribution in [3.05, 3.63) is 69.2 Å². The minimum atomic E-state index is -0.322. The number of likely N-dealkylation sites (N-methyl/N-ethyl adjacent to an activating group) is 1. The molecule has 0 aliphatic heterocycles. The molecule has 0 saturated carbocycles. The highest BCUT2D eigenvalue weighted by Crippen LogP contribution is 2.27. The summed E-state index contributed by atoms with van der Waals surface area (Å²) in [7, 11) is 4.00. The topological polar surface area (TPSA) is 58.4 Å². The number of hydrogen-bond acceptors (Lipinski definition) is 4. The largest absolute Gasteiger partial charge is 0.331 e. The first-order valence-corrected chi connectivity index (χ1v) is 12.2. The summed E-state index contributed by atoms with van der Waals surface area (Å²) in [5.74, 6) is 0.929. The molecule has 0 bridgehead atoms. The molecule has 0 radical (unpaired) electrons. The first-order valence-electron chi connectivity index (χ1n) is 11.4. The smallest absolute Gasteiger partial charge is 0.266 e. The standard InChI is InChI=1S/C26H33BrN4O2/c1-6-23(30(16-15-29(4)5)24(32)17-18(2)3)25-28-22-10-8-7-9-21(22)26(33)31(25)20-13-11-19(27)12-14-20/h7-14,18,23H,6,15-17H2,1-5H3. The minimum absolute atomic E-state index is 0.0865. The third-order valence-electron chi connectivity index (χ3n) is 5.64. The Labute approximate surface area is 204 Å². The Bertz CT molecular complexity index is 1160. The van der Waals surface area contributed by atoms with Crippen LogP contribution in [0.2, 0.25) is 0 Å². The van der Waals surface area contributed by atoms with Crippen LogP contribution in [0.3, 0.4) is 0 Å². The summed E-state index contributed by atoms with van der Waals surface area (Å²) in [6.45, 7) is 7.45. The van der Waals surface area contributed by atoms with Crippen molar-refractivity contribution in [2.24, 2.45) is 5.92 Å². The number of nitrogens with zero attached hydrogens (tertiary/aromatic N) is 4. The number of rotatable bonds is 9. The van der Waals surface area contributed by atoms with Crippen LogP contribution in [0, 0.1) is 5.92 Å². The molecule has 3 aromatic rings. The molecular weight excluding hydrogens is 480 g/mol. The van der Waals surface area contributed by atoms with Gasteiger partial charge in [-0.3, -0.25) is 14.2 Å². The Morgan fingerprint density at radius 2 is 1.73 bits per heavy atom. The Balaban J connectivity index is 2.24. The van der Waals surface area contributed by atoms with Crippen LogP contribution in [0.15, 0.2) is 57.8 Å². The molecule has 3 rings (SSSR count). The number of aromatic nitrogens is 2. The Morgan fingerprint density at radius 3 is 2.33 bits per heavy atom. The molecule has 1 unspecified atom stereocenters. The molecule has 1 heterocycles. The molecule has 0 aliphatic rings. The van der Waals surface area contributed by atoms with Crippen molar-refractivity contribution in [2.45, 2.75) is 39.7 Å². The average Bonchev–Trinajstić information content (AvgIpc) is 2.77. The van der Waals surface area contributed by atoms with Gasteiger partial charge in [0.1, 0.15) is 5.82 Å². The van der Waals surface area contributed by atoms with Crippen molar-refractivity contribution < 1.29 is 4.79 Å². The van der Waals surface area contributed by atoms with Gasteiger partial charge in [0.25, 0.3) is 5.56 Å². The van der Waals surface area contributed by atoms with Crippen LogP contribution in [0.25, 0.3) is 16.6 Å². The summed E-state index contributed by atoms with van der Waals surface area (Å²) in [6.07, 6.45) is 1.11. The summed E-state index contributed by atoms with van der Waals surface area (Å²) in [5, 5.41) is 0.562. The van der Waals surface area contributed by atoms with E-state index >= 15 is 0 Å². The molecule has 2 aromatic carbocycles. The fraction of sp³-hybridized carbons (Fsp3) is 0.423. The summed E-state index contributed by atoms with van der Waals surface area (Å²) < 4.78 is 2.61. The number of para-hydroxylation sites is 1. The minimum Gasteiger partial charge on any atom is -0.331 e. The number of hydrogen-bond donors (Lipinski definition) is 0. The van der Waals surface area contributed by atoms with E-state index in [4.69, 9.17) is 4.98 Å². The highest BCUT2D eigenvalue weighted by atomic mass is 79.9. The SMILES string of the molecule is CCC(c1nc2ccccc2c(=O)n1-c1ccc(Br)cc1)N(CCN(C)C)C(=O)CC(C)C. The maximum atomic E-state index is 13.7. The van der Waals surface area contributed by atoms with Crippen molar-refractivity contribution in [3.8, 4) is 5.69 Å². The molecule has 1 atom stereocenters. The van der Waals surface area contributed by atoms with Gasteiger partial charge < -0.3 is 9.80 Å². The van der Waals surface area contributed by atoms with Gasteiger partial charge >= 0.3 is 0 Å². The molecule has 7 heteroatoms. The van der Waals surface area contributed by atoms with Crippen LogP contribution in [-0.4, -0.2) is 52.4 Å². The van der Waals surface area contributed by atoms with E-state index in [-0.39, 0.29) is 23.4 Å². The van der Waals surface area contributed by atoms with Gasteiger partial charge in [0.05, 0.1) is 22.6 Å². The molecule has 0 aliphatic carbocycles. The average molecular weight is 513 g/mol. The van der Waals surface area contributed by atoms with E-state index in [9.17, 15) is 9.59 Å². The lowest BCUT2D eigenvalue weighted by Crippen LogP contribution is -2.42. The number of halogens is 1. The molecular formula is C26H33BrN4O2. The molecule has 0 fully saturated rings. The van der Waals surface area contributed by atoms with Crippen molar-refractivity contribution >= 4 is 32.7 Å². The lowest BCUT2D eigenvalue weighted by molar-refractivity contribution is -0.135. The lowest BCUT2D eigenvalue weighted by atomic mass is 10.1. The summed E-state index contributed by atoms with van der Waals surface area (Å²) in [4.78, 5) is 36.0. The van der Waals surface area contributed by atoms with Crippen LogP contribution in [0.4, 0.5) is 0 Å². The third-order valence-corrected chi connectivity index (χ3v) is 6.17. The number of amides is 1. The van der Waals surface area contributed by atoms with Gasteiger partial charge in [-0.15, -0.1) is 0 Å². The highest BCUT2D eigenvalue weighted by molar-refractivity contribution is 9.10. The van der Waals surface area contributed by atoms with Crippen molar-refractivity contribution in [3.63, 3.8) is 0 Å². The van der Waals surface area contributed by atoms with E-state index in [1.54, 1.807) is 10.6 Å². The first-order chi connectivity index (χ1) is 15.7. The van der Waals surface area contributed by atoms with E-state index in [1.165, 1.54) is 0 Å². The molecule has 0 N–H and O–H groups in total. The zero-order valence-electron chi connectivity index (χ0n) is 20.1. The molecule has 6 nitrogen and oxygen atoms in total. The second-order valence-electron chi connectivity index (χ2n) is 9.02. The Morgan fingerprint density at radius 1 is 1.06 bits per heavy atom. The predicted molar refractivity (Wildman–Crippen MR) is 138 cm³/mol. The monoisotopic (exact) mass is 512 g/mol. The normalized spacial score (nSPS) is 12.5. The first kappa shape index (κ1) is 25.1. The predicted octanol–water partition coefficient (Wildman–Crippen LogP) is 5.04. The van der Waals surface area contributed by atoms with Crippen molar-refractivity contribution in [2.75, 3.05) is 27.2 Å². The van der Waals surface area contributed by atoms with Crippen LogP contribution >= 0.6 is 15.9 Å². The van der Waals surface area contributed by atoms with Crippen LogP contribution in [-0.2, 0) is 4.79 Å².